The monoisotopic (exact) mass is 560 g/mol. The van der Waals surface area contributed by atoms with E-state index in [1.807, 2.05) is 12.1 Å². The fraction of sp³-hybridized carbons (Fsp3) is 0.500. The molecule has 1 amide bonds. The Labute approximate surface area is 245 Å². The number of benzene rings is 2. The van der Waals surface area contributed by atoms with Gasteiger partial charge in [-0.2, -0.15) is 0 Å². The molecule has 3 aromatic rings. The number of aromatic nitrogens is 2. The first-order valence-corrected chi connectivity index (χ1v) is 16.2. The molecule has 0 bridgehead atoms. The lowest BCUT2D eigenvalue weighted by atomic mass is 9.91. The van der Waals surface area contributed by atoms with Crippen LogP contribution < -0.4 is 10.6 Å². The predicted molar refractivity (Wildman–Crippen MR) is 171 cm³/mol. The predicted octanol–water partition coefficient (Wildman–Crippen LogP) is 9.76. The maximum atomic E-state index is 12.4. The maximum absolute atomic E-state index is 12.4. The number of allylic oxidation sites excluding steroid dienone is 2. The zero-order valence-electron chi connectivity index (χ0n) is 24.3. The number of nitrogens with one attached hydrogen (secondary N) is 2. The second-order valence-corrected chi connectivity index (χ2v) is 11.5. The van der Waals surface area contributed by atoms with Crippen molar-refractivity contribution < 1.29 is 4.79 Å². The Morgan fingerprint density at radius 1 is 0.725 bits per heavy atom. The van der Waals surface area contributed by atoms with Crippen LogP contribution in [0.5, 0.6) is 0 Å². The summed E-state index contributed by atoms with van der Waals surface area (Å²) in [6.07, 6.45) is 21.6. The molecule has 0 unspecified atom stereocenters. The van der Waals surface area contributed by atoms with Gasteiger partial charge >= 0.3 is 0 Å². The van der Waals surface area contributed by atoms with Crippen LogP contribution in [0.2, 0.25) is 0 Å². The van der Waals surface area contributed by atoms with Crippen LogP contribution >= 0.6 is 11.3 Å². The van der Waals surface area contributed by atoms with E-state index in [4.69, 9.17) is 0 Å². The Hall–Kier alpha value is -2.99. The Balaban J connectivity index is 1.25. The van der Waals surface area contributed by atoms with Gasteiger partial charge in [-0.05, 0) is 43.2 Å². The molecule has 0 saturated heterocycles. The minimum atomic E-state index is 0.0202. The third-order valence-electron chi connectivity index (χ3n) is 7.20. The van der Waals surface area contributed by atoms with Gasteiger partial charge < -0.3 is 10.6 Å². The lowest BCUT2D eigenvalue weighted by Crippen LogP contribution is -2.14. The molecule has 0 aliphatic heterocycles. The van der Waals surface area contributed by atoms with Crippen LogP contribution in [0.1, 0.15) is 114 Å². The molecule has 1 heterocycles. The van der Waals surface area contributed by atoms with Gasteiger partial charge in [0, 0.05) is 18.9 Å². The van der Waals surface area contributed by atoms with Crippen LogP contribution in [0.15, 0.2) is 72.8 Å². The first-order valence-electron chi connectivity index (χ1n) is 15.4. The largest absolute Gasteiger partial charge is 0.359 e. The molecule has 216 valence electrons. The molecule has 0 aliphatic carbocycles. The highest BCUT2D eigenvalue weighted by atomic mass is 32.1. The van der Waals surface area contributed by atoms with Crippen molar-refractivity contribution in [3.8, 4) is 0 Å². The average molecular weight is 561 g/mol. The smallest absolute Gasteiger partial charge is 0.226 e. The molecule has 40 heavy (non-hydrogen) atoms. The molecule has 0 spiro atoms. The number of carbonyl (C=O) groups excluding carboxylic acids is 1. The first-order chi connectivity index (χ1) is 19.8. The van der Waals surface area contributed by atoms with Gasteiger partial charge in [0.1, 0.15) is 0 Å². The van der Waals surface area contributed by atoms with Crippen molar-refractivity contribution in [1.82, 2.24) is 10.2 Å². The molecule has 6 heteroatoms. The van der Waals surface area contributed by atoms with Crippen LogP contribution in [0, 0.1) is 0 Å². The summed E-state index contributed by atoms with van der Waals surface area (Å²) >= 11 is 1.39. The van der Waals surface area contributed by atoms with Gasteiger partial charge in [0.15, 0.2) is 0 Å². The summed E-state index contributed by atoms with van der Waals surface area (Å²) in [5, 5.41) is 16.0. The van der Waals surface area contributed by atoms with Crippen molar-refractivity contribution in [2.45, 2.75) is 103 Å². The molecular formula is C34H48N4OS. The molecule has 0 radical (unpaired) electrons. The summed E-state index contributed by atoms with van der Waals surface area (Å²) < 4.78 is 0. The summed E-state index contributed by atoms with van der Waals surface area (Å²) in [5.74, 6) is 0.220. The van der Waals surface area contributed by atoms with Crippen LogP contribution in [-0.4, -0.2) is 22.6 Å². The number of hydrogen-bond donors (Lipinski definition) is 2. The van der Waals surface area contributed by atoms with E-state index in [1.54, 1.807) is 0 Å². The summed E-state index contributed by atoms with van der Waals surface area (Å²) in [5.41, 5.74) is 2.50. The average Bonchev–Trinajstić information content (AvgIpc) is 3.43. The van der Waals surface area contributed by atoms with Crippen LogP contribution in [0.3, 0.4) is 0 Å². The van der Waals surface area contributed by atoms with Crippen LogP contribution in [0.25, 0.3) is 0 Å². The number of anilines is 2. The molecule has 2 N–H and O–H groups in total. The normalized spacial score (nSPS) is 11.3. The molecule has 3 rings (SSSR count). The standard InChI is InChI=1S/C34H48N4OS/c1-2-3-4-5-6-7-8-9-10-11-12-13-14-15-22-27-32(39)36-34-38-37-33(40-34)35-28-31(29-23-18-16-19-24-29)30-25-20-17-21-26-30/h9-10,16-21,23-26,31H,2-8,11-15,22,27-28H2,1H3,(H,35,37)(H,36,38,39)/b10-9+. The minimum absolute atomic E-state index is 0.0202. The van der Waals surface area contributed by atoms with Crippen LogP contribution in [-0.2, 0) is 4.79 Å². The highest BCUT2D eigenvalue weighted by Crippen LogP contribution is 2.27. The van der Waals surface area contributed by atoms with Crippen molar-refractivity contribution in [2.75, 3.05) is 17.2 Å². The summed E-state index contributed by atoms with van der Waals surface area (Å²) in [7, 11) is 0. The zero-order valence-corrected chi connectivity index (χ0v) is 25.1. The second kappa shape index (κ2) is 20.0. The summed E-state index contributed by atoms with van der Waals surface area (Å²) in [6, 6.07) is 21.0. The topological polar surface area (TPSA) is 66.9 Å². The molecule has 0 aliphatic rings. The van der Waals surface area contributed by atoms with E-state index in [0.29, 0.717) is 23.2 Å². The number of amides is 1. The van der Waals surface area contributed by atoms with Gasteiger partial charge in [0.05, 0.1) is 0 Å². The van der Waals surface area contributed by atoms with Crippen LogP contribution in [0.4, 0.5) is 10.3 Å². The molecule has 1 aromatic heterocycles. The molecule has 0 saturated carbocycles. The van der Waals surface area contributed by atoms with E-state index in [1.165, 1.54) is 93.1 Å². The van der Waals surface area contributed by atoms with E-state index in [2.05, 4.69) is 88.4 Å². The fourth-order valence-corrected chi connectivity index (χ4v) is 5.54. The lowest BCUT2D eigenvalue weighted by Gasteiger charge is -2.18. The fourth-order valence-electron chi connectivity index (χ4n) is 4.87. The van der Waals surface area contributed by atoms with Crippen molar-refractivity contribution in [2.24, 2.45) is 0 Å². The third-order valence-corrected chi connectivity index (χ3v) is 7.99. The molecule has 5 nitrogen and oxygen atoms in total. The quantitative estimate of drug-likeness (QED) is 0.100. The SMILES string of the molecule is CCCCCCCC/C=C/CCCCCCCC(=O)Nc1nnc(NCC(c2ccccc2)c2ccccc2)s1. The van der Waals surface area contributed by atoms with Gasteiger partial charge in [-0.1, -0.05) is 142 Å². The van der Waals surface area contributed by atoms with Gasteiger partial charge in [-0.3, -0.25) is 4.79 Å². The summed E-state index contributed by atoms with van der Waals surface area (Å²) in [4.78, 5) is 12.4. The number of hydrogen-bond acceptors (Lipinski definition) is 5. The molecular weight excluding hydrogens is 512 g/mol. The van der Waals surface area contributed by atoms with Crippen molar-refractivity contribution >= 4 is 27.5 Å². The van der Waals surface area contributed by atoms with E-state index < -0.39 is 0 Å². The van der Waals surface area contributed by atoms with Crippen molar-refractivity contribution in [3.63, 3.8) is 0 Å². The molecule has 0 atom stereocenters. The Morgan fingerprint density at radius 2 is 1.25 bits per heavy atom. The van der Waals surface area contributed by atoms with Gasteiger partial charge in [0.2, 0.25) is 16.2 Å². The van der Waals surface area contributed by atoms with E-state index >= 15 is 0 Å². The number of nitrogens with zero attached hydrogens (tertiary/aromatic N) is 2. The lowest BCUT2D eigenvalue weighted by molar-refractivity contribution is -0.116. The molecule has 0 fully saturated rings. The summed E-state index contributed by atoms with van der Waals surface area (Å²) in [6.45, 7) is 2.97. The van der Waals surface area contributed by atoms with E-state index in [-0.39, 0.29) is 11.8 Å². The van der Waals surface area contributed by atoms with Gasteiger partial charge in [0.25, 0.3) is 0 Å². The zero-order chi connectivity index (χ0) is 28.1. The Bertz CT molecular complexity index is 1040. The van der Waals surface area contributed by atoms with Gasteiger partial charge in [-0.25, -0.2) is 0 Å². The van der Waals surface area contributed by atoms with Gasteiger partial charge in [-0.15, -0.1) is 10.2 Å². The minimum Gasteiger partial charge on any atom is -0.359 e. The molecule has 2 aromatic carbocycles. The highest BCUT2D eigenvalue weighted by Gasteiger charge is 2.15. The van der Waals surface area contributed by atoms with Crippen molar-refractivity contribution in [1.29, 1.82) is 0 Å². The first kappa shape index (κ1) is 31.5. The highest BCUT2D eigenvalue weighted by molar-refractivity contribution is 7.19. The number of rotatable bonds is 21. The Morgan fingerprint density at radius 3 is 1.85 bits per heavy atom. The maximum Gasteiger partial charge on any atom is 0.226 e. The number of carbonyl (C=O) groups is 1. The second-order valence-electron chi connectivity index (χ2n) is 10.5. The van der Waals surface area contributed by atoms with E-state index in [0.717, 1.165) is 12.8 Å². The third kappa shape index (κ3) is 12.9. The van der Waals surface area contributed by atoms with Crippen molar-refractivity contribution in [3.05, 3.63) is 83.9 Å². The number of unbranched alkanes of at least 4 members (excludes halogenated alkanes) is 11. The Kier molecular flexibility index (Phi) is 15.7. The van der Waals surface area contributed by atoms with E-state index in [9.17, 15) is 4.79 Å².